The molecule has 5 heteroatoms. The number of methoxy groups -OCH3 is 1. The van der Waals surface area contributed by atoms with Crippen molar-refractivity contribution in [1.82, 2.24) is 14.7 Å². The third-order valence-electron chi connectivity index (χ3n) is 4.95. The van der Waals surface area contributed by atoms with E-state index in [0.717, 1.165) is 55.1 Å². The predicted molar refractivity (Wildman–Crippen MR) is 97.8 cm³/mol. The average molecular weight is 341 g/mol. The summed E-state index contributed by atoms with van der Waals surface area (Å²) in [6.07, 6.45) is 3.43. The van der Waals surface area contributed by atoms with Crippen LogP contribution in [0.4, 0.5) is 0 Å². The van der Waals surface area contributed by atoms with Crippen molar-refractivity contribution in [2.45, 2.75) is 52.1 Å². The number of carbonyl (C=O) groups is 1. The van der Waals surface area contributed by atoms with Gasteiger partial charge in [0.1, 0.15) is 5.75 Å². The van der Waals surface area contributed by atoms with Gasteiger partial charge in [-0.15, -0.1) is 0 Å². The average Bonchev–Trinajstić information content (AvgIpc) is 3.19. The van der Waals surface area contributed by atoms with Gasteiger partial charge in [0.05, 0.1) is 25.4 Å². The molecule has 1 saturated heterocycles. The van der Waals surface area contributed by atoms with Crippen LogP contribution in [0.25, 0.3) is 0 Å². The van der Waals surface area contributed by atoms with Gasteiger partial charge < -0.3 is 9.64 Å². The number of ether oxygens (including phenoxy) is 1. The van der Waals surface area contributed by atoms with Crippen LogP contribution in [0.1, 0.15) is 36.2 Å². The zero-order chi connectivity index (χ0) is 17.8. The first-order valence-electron chi connectivity index (χ1n) is 9.00. The Morgan fingerprint density at radius 2 is 2.16 bits per heavy atom. The minimum absolute atomic E-state index is 0.242. The zero-order valence-electron chi connectivity index (χ0n) is 15.4. The zero-order valence-corrected chi connectivity index (χ0v) is 15.4. The smallest absolute Gasteiger partial charge is 0.223 e. The van der Waals surface area contributed by atoms with E-state index in [1.54, 1.807) is 7.11 Å². The fourth-order valence-electron chi connectivity index (χ4n) is 3.64. The van der Waals surface area contributed by atoms with E-state index in [1.165, 1.54) is 0 Å². The molecule has 134 valence electrons. The monoisotopic (exact) mass is 341 g/mol. The molecule has 1 atom stereocenters. The summed E-state index contributed by atoms with van der Waals surface area (Å²) < 4.78 is 7.29. The van der Waals surface area contributed by atoms with Gasteiger partial charge in [-0.2, -0.15) is 5.10 Å². The van der Waals surface area contributed by atoms with Crippen LogP contribution in [0.2, 0.25) is 0 Å². The van der Waals surface area contributed by atoms with Gasteiger partial charge in [-0.25, -0.2) is 0 Å². The fraction of sp³-hybridized carbons (Fsp3) is 0.500. The van der Waals surface area contributed by atoms with E-state index in [1.807, 2.05) is 35.9 Å². The summed E-state index contributed by atoms with van der Waals surface area (Å²) >= 11 is 0. The van der Waals surface area contributed by atoms with Crippen molar-refractivity contribution in [2.75, 3.05) is 13.7 Å². The van der Waals surface area contributed by atoms with Gasteiger partial charge in [0.2, 0.25) is 5.91 Å². The van der Waals surface area contributed by atoms with Crippen LogP contribution in [0.15, 0.2) is 30.3 Å². The lowest BCUT2D eigenvalue weighted by molar-refractivity contribution is -0.132. The summed E-state index contributed by atoms with van der Waals surface area (Å²) in [6.45, 7) is 5.74. The number of hydrogen-bond acceptors (Lipinski definition) is 3. The van der Waals surface area contributed by atoms with Gasteiger partial charge in [0.25, 0.3) is 0 Å². The molecule has 1 amide bonds. The summed E-state index contributed by atoms with van der Waals surface area (Å²) in [5, 5.41) is 4.54. The van der Waals surface area contributed by atoms with E-state index in [4.69, 9.17) is 4.74 Å². The number of benzene rings is 1. The first kappa shape index (κ1) is 17.5. The maximum atomic E-state index is 12.7. The van der Waals surface area contributed by atoms with E-state index < -0.39 is 0 Å². The topological polar surface area (TPSA) is 47.4 Å². The summed E-state index contributed by atoms with van der Waals surface area (Å²) in [4.78, 5) is 14.8. The molecule has 1 aromatic heterocycles. The van der Waals surface area contributed by atoms with Crippen molar-refractivity contribution >= 4 is 5.91 Å². The Balaban J connectivity index is 1.59. The third-order valence-corrected chi connectivity index (χ3v) is 4.95. The molecule has 1 fully saturated rings. The van der Waals surface area contributed by atoms with Crippen molar-refractivity contribution in [3.8, 4) is 5.75 Å². The van der Waals surface area contributed by atoms with Crippen LogP contribution in [0.5, 0.6) is 5.75 Å². The van der Waals surface area contributed by atoms with E-state index in [9.17, 15) is 4.79 Å². The summed E-state index contributed by atoms with van der Waals surface area (Å²) in [7, 11) is 1.66. The Hall–Kier alpha value is -2.30. The lowest BCUT2D eigenvalue weighted by Gasteiger charge is -2.25. The molecule has 0 aliphatic carbocycles. The fourth-order valence-corrected chi connectivity index (χ4v) is 3.64. The van der Waals surface area contributed by atoms with Gasteiger partial charge >= 0.3 is 0 Å². The summed E-state index contributed by atoms with van der Waals surface area (Å²) in [5.41, 5.74) is 3.33. The Morgan fingerprint density at radius 3 is 2.88 bits per heavy atom. The number of carbonyl (C=O) groups excluding carboxylic acids is 1. The summed E-state index contributed by atoms with van der Waals surface area (Å²) in [5.74, 6) is 1.08. The number of amides is 1. The Bertz CT molecular complexity index is 738. The lowest BCUT2D eigenvalue weighted by atomic mass is 10.1. The largest absolute Gasteiger partial charge is 0.497 e. The SMILES string of the molecule is COc1cccc(CCC(=O)N2CCC[C@@H]2Cn2nc(C)cc2C)c1. The normalized spacial score (nSPS) is 17.1. The molecule has 0 saturated carbocycles. The first-order chi connectivity index (χ1) is 12.1. The minimum atomic E-state index is 0.242. The quantitative estimate of drug-likeness (QED) is 0.811. The van der Waals surface area contributed by atoms with Crippen molar-refractivity contribution < 1.29 is 9.53 Å². The van der Waals surface area contributed by atoms with Crippen LogP contribution in [0.3, 0.4) is 0 Å². The molecular weight excluding hydrogens is 314 g/mol. The van der Waals surface area contributed by atoms with Crippen LogP contribution in [0, 0.1) is 13.8 Å². The van der Waals surface area contributed by atoms with Crippen LogP contribution >= 0.6 is 0 Å². The van der Waals surface area contributed by atoms with Gasteiger partial charge in [0, 0.05) is 18.7 Å². The Kier molecular flexibility index (Phi) is 5.41. The highest BCUT2D eigenvalue weighted by Gasteiger charge is 2.29. The van der Waals surface area contributed by atoms with Crippen LogP contribution < -0.4 is 4.74 Å². The molecule has 1 aliphatic heterocycles. The number of aromatic nitrogens is 2. The number of aryl methyl sites for hydroxylation is 3. The van der Waals surface area contributed by atoms with Gasteiger partial charge in [-0.3, -0.25) is 9.48 Å². The Morgan fingerprint density at radius 1 is 1.32 bits per heavy atom. The molecule has 0 radical (unpaired) electrons. The number of rotatable bonds is 6. The molecule has 2 heterocycles. The predicted octanol–water partition coefficient (Wildman–Crippen LogP) is 3.13. The molecule has 1 aromatic carbocycles. The number of hydrogen-bond donors (Lipinski definition) is 0. The van der Waals surface area contributed by atoms with Gasteiger partial charge in [-0.1, -0.05) is 12.1 Å². The van der Waals surface area contributed by atoms with Crippen molar-refractivity contribution in [2.24, 2.45) is 0 Å². The minimum Gasteiger partial charge on any atom is -0.497 e. The maximum Gasteiger partial charge on any atom is 0.223 e. The number of nitrogens with zero attached hydrogens (tertiary/aromatic N) is 3. The lowest BCUT2D eigenvalue weighted by Crippen LogP contribution is -2.38. The first-order valence-corrected chi connectivity index (χ1v) is 9.00. The van der Waals surface area contributed by atoms with E-state index in [0.29, 0.717) is 6.42 Å². The van der Waals surface area contributed by atoms with Crippen LogP contribution in [-0.4, -0.2) is 40.3 Å². The molecule has 0 unspecified atom stereocenters. The highest BCUT2D eigenvalue weighted by Crippen LogP contribution is 2.22. The molecule has 5 nitrogen and oxygen atoms in total. The van der Waals surface area contributed by atoms with E-state index >= 15 is 0 Å². The third kappa shape index (κ3) is 4.21. The molecule has 25 heavy (non-hydrogen) atoms. The van der Waals surface area contributed by atoms with Crippen molar-refractivity contribution in [1.29, 1.82) is 0 Å². The van der Waals surface area contributed by atoms with E-state index in [-0.39, 0.29) is 11.9 Å². The molecular formula is C20H27N3O2. The van der Waals surface area contributed by atoms with Gasteiger partial charge in [0.15, 0.2) is 0 Å². The molecule has 2 aromatic rings. The Labute approximate surface area is 149 Å². The standard InChI is InChI=1S/C20H27N3O2/c1-15-12-16(2)23(21-15)14-18-7-5-11-22(18)20(24)10-9-17-6-4-8-19(13-17)25-3/h4,6,8,12-13,18H,5,7,9-11,14H2,1-3H3/t18-/m1/s1. The highest BCUT2D eigenvalue weighted by molar-refractivity contribution is 5.77. The second-order valence-corrected chi connectivity index (χ2v) is 6.84. The maximum absolute atomic E-state index is 12.7. The molecule has 3 rings (SSSR count). The summed E-state index contributed by atoms with van der Waals surface area (Å²) in [6, 6.07) is 10.3. The number of likely N-dealkylation sites (tertiary alicyclic amines) is 1. The van der Waals surface area contributed by atoms with Gasteiger partial charge in [-0.05, 0) is 56.9 Å². The van der Waals surface area contributed by atoms with Crippen molar-refractivity contribution in [3.63, 3.8) is 0 Å². The molecule has 0 bridgehead atoms. The second kappa shape index (κ2) is 7.72. The van der Waals surface area contributed by atoms with Crippen LogP contribution in [-0.2, 0) is 17.8 Å². The highest BCUT2D eigenvalue weighted by atomic mass is 16.5. The van der Waals surface area contributed by atoms with Crippen molar-refractivity contribution in [3.05, 3.63) is 47.3 Å². The molecule has 0 N–H and O–H groups in total. The molecule has 0 spiro atoms. The van der Waals surface area contributed by atoms with E-state index in [2.05, 4.69) is 23.0 Å². The molecule has 1 aliphatic rings. The second-order valence-electron chi connectivity index (χ2n) is 6.84.